The SMILES string of the molecule is CCc1ccccc1NCC(=O)Nc1ccc(Cl)cc1C(F)(F)F. The van der Waals surface area contributed by atoms with Crippen LogP contribution >= 0.6 is 11.6 Å². The molecule has 0 aromatic heterocycles. The third-order valence-electron chi connectivity index (χ3n) is 3.40. The number of hydrogen-bond donors (Lipinski definition) is 2. The van der Waals surface area contributed by atoms with Crippen LogP contribution < -0.4 is 10.6 Å². The third kappa shape index (κ3) is 4.64. The van der Waals surface area contributed by atoms with Crippen LogP contribution in [0.5, 0.6) is 0 Å². The third-order valence-corrected chi connectivity index (χ3v) is 3.63. The summed E-state index contributed by atoms with van der Waals surface area (Å²) in [6.07, 6.45) is -3.82. The van der Waals surface area contributed by atoms with E-state index in [1.54, 1.807) is 0 Å². The number of carbonyl (C=O) groups excluding carboxylic acids is 1. The standard InChI is InChI=1S/C17H16ClF3N2O/c1-2-11-5-3-4-6-14(11)22-10-16(24)23-15-8-7-12(18)9-13(15)17(19,20)21/h3-9,22H,2,10H2,1H3,(H,23,24). The lowest BCUT2D eigenvalue weighted by Crippen LogP contribution is -2.24. The second kappa shape index (κ2) is 7.57. The maximum Gasteiger partial charge on any atom is 0.418 e. The Labute approximate surface area is 142 Å². The number of amides is 1. The monoisotopic (exact) mass is 356 g/mol. The van der Waals surface area contributed by atoms with Gasteiger partial charge >= 0.3 is 6.18 Å². The van der Waals surface area contributed by atoms with Gasteiger partial charge in [-0.2, -0.15) is 13.2 Å². The molecule has 3 nitrogen and oxygen atoms in total. The number of para-hydroxylation sites is 1. The molecule has 2 aromatic carbocycles. The Morgan fingerprint density at radius 3 is 2.50 bits per heavy atom. The molecule has 2 rings (SSSR count). The molecule has 0 saturated carbocycles. The fourth-order valence-electron chi connectivity index (χ4n) is 2.23. The van der Waals surface area contributed by atoms with E-state index in [2.05, 4.69) is 10.6 Å². The smallest absolute Gasteiger partial charge is 0.376 e. The van der Waals surface area contributed by atoms with Crippen LogP contribution in [0.3, 0.4) is 0 Å². The van der Waals surface area contributed by atoms with Gasteiger partial charge in [0.05, 0.1) is 17.8 Å². The Balaban J connectivity index is 2.08. The number of anilines is 2. The molecule has 0 aliphatic carbocycles. The van der Waals surface area contributed by atoms with E-state index < -0.39 is 17.6 Å². The lowest BCUT2D eigenvalue weighted by Gasteiger charge is -2.15. The van der Waals surface area contributed by atoms with Gasteiger partial charge in [-0.1, -0.05) is 36.7 Å². The highest BCUT2D eigenvalue weighted by molar-refractivity contribution is 6.30. The molecule has 128 valence electrons. The number of nitrogens with one attached hydrogen (secondary N) is 2. The molecule has 24 heavy (non-hydrogen) atoms. The highest BCUT2D eigenvalue weighted by atomic mass is 35.5. The fraction of sp³-hybridized carbons (Fsp3) is 0.235. The number of carbonyl (C=O) groups is 1. The molecule has 0 saturated heterocycles. The van der Waals surface area contributed by atoms with Gasteiger partial charge in [0, 0.05) is 10.7 Å². The van der Waals surface area contributed by atoms with Crippen LogP contribution in [-0.4, -0.2) is 12.5 Å². The number of aryl methyl sites for hydroxylation is 1. The van der Waals surface area contributed by atoms with Gasteiger partial charge in [-0.15, -0.1) is 0 Å². The molecule has 0 aliphatic heterocycles. The summed E-state index contributed by atoms with van der Waals surface area (Å²) in [5.41, 5.74) is 0.509. The van der Waals surface area contributed by atoms with Crippen molar-refractivity contribution < 1.29 is 18.0 Å². The summed E-state index contributed by atoms with van der Waals surface area (Å²) >= 11 is 5.61. The van der Waals surface area contributed by atoms with Gasteiger partial charge < -0.3 is 10.6 Å². The van der Waals surface area contributed by atoms with Crippen molar-refractivity contribution in [3.63, 3.8) is 0 Å². The Morgan fingerprint density at radius 2 is 1.83 bits per heavy atom. The van der Waals surface area contributed by atoms with Crippen molar-refractivity contribution >= 4 is 28.9 Å². The molecule has 0 heterocycles. The van der Waals surface area contributed by atoms with E-state index >= 15 is 0 Å². The van der Waals surface area contributed by atoms with Crippen LogP contribution in [0.4, 0.5) is 24.5 Å². The average molecular weight is 357 g/mol. The first-order valence-electron chi connectivity index (χ1n) is 7.29. The molecule has 1 amide bonds. The van der Waals surface area contributed by atoms with Crippen LogP contribution in [0.15, 0.2) is 42.5 Å². The molecule has 0 bridgehead atoms. The zero-order valence-corrected chi connectivity index (χ0v) is 13.6. The highest BCUT2D eigenvalue weighted by Crippen LogP contribution is 2.36. The number of halogens is 4. The Kier molecular flexibility index (Phi) is 5.72. The molecule has 0 spiro atoms. The molecule has 0 atom stereocenters. The second-order valence-electron chi connectivity index (χ2n) is 5.10. The largest absolute Gasteiger partial charge is 0.418 e. The number of benzene rings is 2. The molecule has 0 fully saturated rings. The van der Waals surface area contributed by atoms with Crippen molar-refractivity contribution in [2.45, 2.75) is 19.5 Å². The minimum Gasteiger partial charge on any atom is -0.376 e. The van der Waals surface area contributed by atoms with Crippen LogP contribution in [0.2, 0.25) is 5.02 Å². The summed E-state index contributed by atoms with van der Waals surface area (Å²) in [5.74, 6) is -0.575. The summed E-state index contributed by atoms with van der Waals surface area (Å²) in [4.78, 5) is 12.0. The van der Waals surface area contributed by atoms with E-state index in [1.165, 1.54) is 6.07 Å². The lowest BCUT2D eigenvalue weighted by molar-refractivity contribution is -0.137. The fourth-order valence-corrected chi connectivity index (χ4v) is 2.40. The quantitative estimate of drug-likeness (QED) is 0.794. The summed E-state index contributed by atoms with van der Waals surface area (Å²) < 4.78 is 39.0. The number of hydrogen-bond acceptors (Lipinski definition) is 2. The zero-order chi connectivity index (χ0) is 17.7. The van der Waals surface area contributed by atoms with Crippen LogP contribution in [-0.2, 0) is 17.4 Å². The highest BCUT2D eigenvalue weighted by Gasteiger charge is 2.34. The van der Waals surface area contributed by atoms with E-state index in [1.807, 2.05) is 31.2 Å². The van der Waals surface area contributed by atoms with Crippen molar-refractivity contribution in [2.75, 3.05) is 17.2 Å². The van der Waals surface area contributed by atoms with Gasteiger partial charge in [0.25, 0.3) is 0 Å². The van der Waals surface area contributed by atoms with Crippen molar-refractivity contribution in [2.24, 2.45) is 0 Å². The Morgan fingerprint density at radius 1 is 1.12 bits per heavy atom. The van der Waals surface area contributed by atoms with E-state index in [4.69, 9.17) is 11.6 Å². The van der Waals surface area contributed by atoms with Crippen molar-refractivity contribution in [1.82, 2.24) is 0 Å². The van der Waals surface area contributed by atoms with E-state index in [0.29, 0.717) is 0 Å². The van der Waals surface area contributed by atoms with Gasteiger partial charge in [0.1, 0.15) is 0 Å². The van der Waals surface area contributed by atoms with E-state index in [0.717, 1.165) is 29.8 Å². The predicted octanol–water partition coefficient (Wildman–Crippen LogP) is 4.97. The zero-order valence-electron chi connectivity index (χ0n) is 12.9. The van der Waals surface area contributed by atoms with Crippen LogP contribution in [0.25, 0.3) is 0 Å². The molecule has 0 radical (unpaired) electrons. The molecule has 0 aliphatic rings. The van der Waals surface area contributed by atoms with Crippen LogP contribution in [0, 0.1) is 0 Å². The van der Waals surface area contributed by atoms with Crippen molar-refractivity contribution in [3.8, 4) is 0 Å². The average Bonchev–Trinajstić information content (AvgIpc) is 2.54. The minimum absolute atomic E-state index is 0.0460. The molecule has 2 aromatic rings. The van der Waals surface area contributed by atoms with Gasteiger partial charge in [0.2, 0.25) is 5.91 Å². The Bertz CT molecular complexity index is 732. The summed E-state index contributed by atoms with van der Waals surface area (Å²) in [7, 11) is 0. The minimum atomic E-state index is -4.60. The normalized spacial score (nSPS) is 11.2. The molecular weight excluding hydrogens is 341 g/mol. The predicted molar refractivity (Wildman–Crippen MR) is 89.4 cm³/mol. The van der Waals surface area contributed by atoms with Crippen molar-refractivity contribution in [1.29, 1.82) is 0 Å². The summed E-state index contributed by atoms with van der Waals surface area (Å²) in [6, 6.07) is 10.7. The molecular formula is C17H16ClF3N2O. The van der Waals surface area contributed by atoms with E-state index in [9.17, 15) is 18.0 Å². The van der Waals surface area contributed by atoms with Crippen molar-refractivity contribution in [3.05, 3.63) is 58.6 Å². The van der Waals surface area contributed by atoms with E-state index in [-0.39, 0.29) is 17.3 Å². The maximum atomic E-state index is 13.0. The Hall–Kier alpha value is -2.21. The molecule has 7 heteroatoms. The molecule has 0 unspecified atom stereocenters. The first-order chi connectivity index (χ1) is 11.3. The number of rotatable bonds is 5. The first-order valence-corrected chi connectivity index (χ1v) is 7.67. The summed E-state index contributed by atoms with van der Waals surface area (Å²) in [5, 5.41) is 5.16. The van der Waals surface area contributed by atoms with Gasteiger partial charge in [0.15, 0.2) is 0 Å². The van der Waals surface area contributed by atoms with Crippen LogP contribution in [0.1, 0.15) is 18.1 Å². The summed E-state index contributed by atoms with van der Waals surface area (Å²) in [6.45, 7) is 1.83. The maximum absolute atomic E-state index is 13.0. The van der Waals surface area contributed by atoms with Gasteiger partial charge in [-0.25, -0.2) is 0 Å². The van der Waals surface area contributed by atoms with Gasteiger partial charge in [-0.3, -0.25) is 4.79 Å². The lowest BCUT2D eigenvalue weighted by atomic mass is 10.1. The molecule has 2 N–H and O–H groups in total. The number of alkyl halides is 3. The first kappa shape index (κ1) is 18.1. The second-order valence-corrected chi connectivity index (χ2v) is 5.54. The topological polar surface area (TPSA) is 41.1 Å². The van der Waals surface area contributed by atoms with Gasteiger partial charge in [-0.05, 0) is 36.2 Å².